The quantitative estimate of drug-likeness (QED) is 0.633. The molecule has 0 aromatic heterocycles. The van der Waals surface area contributed by atoms with E-state index in [2.05, 4.69) is 5.32 Å². The molecule has 0 bridgehead atoms. The zero-order chi connectivity index (χ0) is 21.8. The van der Waals surface area contributed by atoms with Crippen molar-refractivity contribution < 1.29 is 22.7 Å². The van der Waals surface area contributed by atoms with Gasteiger partial charge in [-0.15, -0.1) is 0 Å². The molecule has 2 rings (SSSR count). The van der Waals surface area contributed by atoms with Crippen LogP contribution in [0.25, 0.3) is 0 Å². The molecule has 29 heavy (non-hydrogen) atoms. The molecular formula is C19H20Cl2N2O5S. The Bertz CT molecular complexity index is 1030. The summed E-state index contributed by atoms with van der Waals surface area (Å²) in [6, 6.07) is 9.35. The summed E-state index contributed by atoms with van der Waals surface area (Å²) in [7, 11) is -3.79. The lowest BCUT2D eigenvalue weighted by Gasteiger charge is -2.28. The second-order valence-corrected chi connectivity index (χ2v) is 8.82. The minimum absolute atomic E-state index is 0.116. The van der Waals surface area contributed by atoms with E-state index in [1.165, 1.54) is 37.3 Å². The van der Waals surface area contributed by atoms with Crippen LogP contribution >= 0.6 is 23.2 Å². The number of benzene rings is 2. The van der Waals surface area contributed by atoms with Crippen LogP contribution in [0.5, 0.6) is 0 Å². The van der Waals surface area contributed by atoms with Crippen LogP contribution in [0.2, 0.25) is 10.0 Å². The van der Waals surface area contributed by atoms with E-state index in [-0.39, 0.29) is 28.6 Å². The molecule has 156 valence electrons. The van der Waals surface area contributed by atoms with Crippen molar-refractivity contribution in [2.75, 3.05) is 22.5 Å². The normalized spacial score (nSPS) is 12.2. The highest BCUT2D eigenvalue weighted by Crippen LogP contribution is 2.27. The lowest BCUT2D eigenvalue weighted by Crippen LogP contribution is -2.45. The van der Waals surface area contributed by atoms with E-state index < -0.39 is 27.9 Å². The number of esters is 1. The summed E-state index contributed by atoms with van der Waals surface area (Å²) in [6.07, 6.45) is 0.999. The van der Waals surface area contributed by atoms with Crippen LogP contribution in [0.4, 0.5) is 11.4 Å². The molecule has 1 amide bonds. The number of anilines is 2. The molecule has 0 unspecified atom stereocenters. The van der Waals surface area contributed by atoms with Gasteiger partial charge in [0.25, 0.3) is 0 Å². The maximum absolute atomic E-state index is 12.7. The van der Waals surface area contributed by atoms with Crippen molar-refractivity contribution in [3.8, 4) is 0 Å². The summed E-state index contributed by atoms with van der Waals surface area (Å²) in [4.78, 5) is 24.5. The van der Waals surface area contributed by atoms with Gasteiger partial charge in [0.05, 0.1) is 34.8 Å². The predicted octanol–water partition coefficient (Wildman–Crippen LogP) is 3.96. The van der Waals surface area contributed by atoms with Gasteiger partial charge in [0.1, 0.15) is 6.04 Å². The maximum Gasteiger partial charge on any atom is 0.338 e. The van der Waals surface area contributed by atoms with Crippen molar-refractivity contribution in [1.29, 1.82) is 0 Å². The SMILES string of the molecule is CCOC(=O)c1ccc(NC(=O)[C@H](C)N(c2cccc(Cl)c2)S(C)(=O)=O)c(Cl)c1. The van der Waals surface area contributed by atoms with Crippen LogP contribution in [0.15, 0.2) is 42.5 Å². The third kappa shape index (κ3) is 5.85. The zero-order valence-electron chi connectivity index (χ0n) is 16.0. The summed E-state index contributed by atoms with van der Waals surface area (Å²) in [5.41, 5.74) is 0.724. The third-order valence-corrected chi connectivity index (χ3v) is 5.68. The fourth-order valence-corrected chi connectivity index (χ4v) is 4.20. The molecule has 1 N–H and O–H groups in total. The second kappa shape index (κ2) is 9.47. The van der Waals surface area contributed by atoms with Crippen LogP contribution in [0, 0.1) is 0 Å². The van der Waals surface area contributed by atoms with Crippen molar-refractivity contribution in [3.05, 3.63) is 58.1 Å². The van der Waals surface area contributed by atoms with E-state index in [9.17, 15) is 18.0 Å². The number of ether oxygens (including phenoxy) is 1. The average molecular weight is 459 g/mol. The second-order valence-electron chi connectivity index (χ2n) is 6.12. The van der Waals surface area contributed by atoms with Crippen LogP contribution in [-0.2, 0) is 19.6 Å². The monoisotopic (exact) mass is 458 g/mol. The first-order valence-corrected chi connectivity index (χ1v) is 11.2. The minimum Gasteiger partial charge on any atom is -0.462 e. The van der Waals surface area contributed by atoms with Gasteiger partial charge < -0.3 is 10.1 Å². The molecule has 0 radical (unpaired) electrons. The molecule has 10 heteroatoms. The summed E-state index contributed by atoms with van der Waals surface area (Å²) < 4.78 is 30.5. The Balaban J connectivity index is 2.27. The van der Waals surface area contributed by atoms with Gasteiger partial charge in [0, 0.05) is 5.02 Å². The fraction of sp³-hybridized carbons (Fsp3) is 0.263. The van der Waals surface area contributed by atoms with E-state index in [1.807, 2.05) is 0 Å². The smallest absolute Gasteiger partial charge is 0.338 e. The standard InChI is InChI=1S/C19H20Cl2N2O5S/c1-4-28-19(25)13-8-9-17(16(21)10-13)22-18(24)12(2)23(29(3,26)27)15-7-5-6-14(20)11-15/h5-12H,4H2,1-3H3,(H,22,24)/t12-/m0/s1. The van der Waals surface area contributed by atoms with Gasteiger partial charge in [-0.25, -0.2) is 13.2 Å². The molecular weight excluding hydrogens is 439 g/mol. The Morgan fingerprint density at radius 2 is 1.86 bits per heavy atom. The van der Waals surface area contributed by atoms with Gasteiger partial charge in [-0.3, -0.25) is 9.10 Å². The lowest BCUT2D eigenvalue weighted by molar-refractivity contribution is -0.116. The maximum atomic E-state index is 12.7. The number of hydrogen-bond acceptors (Lipinski definition) is 5. The van der Waals surface area contributed by atoms with Gasteiger partial charge in [-0.1, -0.05) is 29.3 Å². The van der Waals surface area contributed by atoms with Crippen molar-refractivity contribution in [2.45, 2.75) is 19.9 Å². The molecule has 0 aliphatic heterocycles. The van der Waals surface area contributed by atoms with Gasteiger partial charge in [0.15, 0.2) is 0 Å². The average Bonchev–Trinajstić information content (AvgIpc) is 2.62. The number of rotatable bonds is 7. The number of nitrogens with one attached hydrogen (secondary N) is 1. The summed E-state index contributed by atoms with van der Waals surface area (Å²) in [5.74, 6) is -1.15. The van der Waals surface area contributed by atoms with Crippen LogP contribution in [0.1, 0.15) is 24.2 Å². The first-order chi connectivity index (χ1) is 13.5. The summed E-state index contributed by atoms with van der Waals surface area (Å²) in [6.45, 7) is 3.35. The molecule has 7 nitrogen and oxygen atoms in total. The Morgan fingerprint density at radius 3 is 2.41 bits per heavy atom. The van der Waals surface area contributed by atoms with Gasteiger partial charge in [-0.2, -0.15) is 0 Å². The van der Waals surface area contributed by atoms with E-state index in [0.29, 0.717) is 5.02 Å². The topological polar surface area (TPSA) is 92.8 Å². The zero-order valence-corrected chi connectivity index (χ0v) is 18.3. The molecule has 0 aliphatic carbocycles. The summed E-state index contributed by atoms with van der Waals surface area (Å²) in [5, 5.41) is 3.03. The van der Waals surface area contributed by atoms with Gasteiger partial charge in [0.2, 0.25) is 15.9 Å². The van der Waals surface area contributed by atoms with Gasteiger partial charge in [-0.05, 0) is 50.2 Å². The van der Waals surface area contributed by atoms with E-state index in [4.69, 9.17) is 27.9 Å². The molecule has 0 fully saturated rings. The first-order valence-electron chi connectivity index (χ1n) is 8.57. The lowest BCUT2D eigenvalue weighted by atomic mass is 10.2. The highest BCUT2D eigenvalue weighted by Gasteiger charge is 2.29. The third-order valence-electron chi connectivity index (χ3n) is 3.89. The number of sulfonamides is 1. The fourth-order valence-electron chi connectivity index (χ4n) is 2.62. The van der Waals surface area contributed by atoms with E-state index >= 15 is 0 Å². The van der Waals surface area contributed by atoms with Crippen molar-refractivity contribution in [1.82, 2.24) is 0 Å². The number of amides is 1. The van der Waals surface area contributed by atoms with Gasteiger partial charge >= 0.3 is 5.97 Å². The molecule has 2 aromatic carbocycles. The molecule has 1 atom stereocenters. The molecule has 0 heterocycles. The number of carbonyl (C=O) groups is 2. The van der Waals surface area contributed by atoms with Crippen LogP contribution in [0.3, 0.4) is 0 Å². The molecule has 0 saturated carbocycles. The first kappa shape index (κ1) is 23.0. The Morgan fingerprint density at radius 1 is 1.17 bits per heavy atom. The minimum atomic E-state index is -3.79. The number of hydrogen-bond donors (Lipinski definition) is 1. The Kier molecular flexibility index (Phi) is 7.51. The molecule has 0 aliphatic rings. The predicted molar refractivity (Wildman–Crippen MR) is 114 cm³/mol. The highest BCUT2D eigenvalue weighted by molar-refractivity contribution is 7.92. The van der Waals surface area contributed by atoms with Crippen LogP contribution < -0.4 is 9.62 Å². The van der Waals surface area contributed by atoms with Crippen molar-refractivity contribution >= 4 is 56.5 Å². The Hall–Kier alpha value is -2.29. The molecule has 0 saturated heterocycles. The highest BCUT2D eigenvalue weighted by atomic mass is 35.5. The number of halogens is 2. The van der Waals surface area contributed by atoms with E-state index in [0.717, 1.165) is 10.6 Å². The largest absolute Gasteiger partial charge is 0.462 e. The van der Waals surface area contributed by atoms with Crippen molar-refractivity contribution in [3.63, 3.8) is 0 Å². The van der Waals surface area contributed by atoms with E-state index in [1.54, 1.807) is 19.1 Å². The Labute approximate surface area is 179 Å². The molecule has 2 aromatic rings. The summed E-state index contributed by atoms with van der Waals surface area (Å²) >= 11 is 12.1. The van der Waals surface area contributed by atoms with Crippen molar-refractivity contribution in [2.24, 2.45) is 0 Å². The number of carbonyl (C=O) groups excluding carboxylic acids is 2. The molecule has 0 spiro atoms. The van der Waals surface area contributed by atoms with Crippen LogP contribution in [-0.4, -0.2) is 39.2 Å². The number of nitrogens with zero attached hydrogens (tertiary/aromatic N) is 1.